The van der Waals surface area contributed by atoms with Crippen LogP contribution in [-0.2, 0) is 36.6 Å². The van der Waals surface area contributed by atoms with Gasteiger partial charge in [-0.05, 0) is 62.7 Å². The van der Waals surface area contributed by atoms with Crippen molar-refractivity contribution in [2.24, 2.45) is 10.4 Å². The monoisotopic (exact) mass is 853 g/mol. The molecular formula is C45H46N4OPt. The third-order valence-corrected chi connectivity index (χ3v) is 10.8. The molecular weight excluding hydrogens is 808 g/mol. The Bertz CT molecular complexity index is 2370. The first-order valence-corrected chi connectivity index (χ1v) is 17.8. The maximum atomic E-state index is 6.28. The van der Waals surface area contributed by atoms with Crippen molar-refractivity contribution in [3.63, 3.8) is 0 Å². The topological polar surface area (TPSA) is 42.7 Å². The zero-order valence-electron chi connectivity index (χ0n) is 31.3. The predicted molar refractivity (Wildman–Crippen MR) is 207 cm³/mol. The van der Waals surface area contributed by atoms with Crippen molar-refractivity contribution in [3.05, 3.63) is 125 Å². The quantitative estimate of drug-likeness (QED) is 0.167. The average Bonchev–Trinajstić information content (AvgIpc) is 3.69. The fourth-order valence-electron chi connectivity index (χ4n) is 7.71. The van der Waals surface area contributed by atoms with Gasteiger partial charge in [-0.15, -0.1) is 40.3 Å². The van der Waals surface area contributed by atoms with Crippen molar-refractivity contribution < 1.29 is 25.8 Å². The van der Waals surface area contributed by atoms with Gasteiger partial charge in [0.2, 0.25) is 0 Å². The molecule has 262 valence electrons. The van der Waals surface area contributed by atoms with Crippen LogP contribution >= 0.6 is 0 Å². The van der Waals surface area contributed by atoms with Crippen molar-refractivity contribution >= 4 is 44.8 Å². The summed E-state index contributed by atoms with van der Waals surface area (Å²) in [5.74, 6) is 1.57. The smallest absolute Gasteiger partial charge is 0.518 e. The molecule has 0 N–H and O–H groups in total. The Morgan fingerprint density at radius 2 is 1.53 bits per heavy atom. The normalized spacial score (nSPS) is 16.8. The van der Waals surface area contributed by atoms with Gasteiger partial charge < -0.3 is 14.2 Å². The van der Waals surface area contributed by atoms with Crippen LogP contribution in [0.25, 0.3) is 27.6 Å². The molecule has 0 saturated heterocycles. The number of aliphatic imine (C=N–C) groups is 1. The molecule has 4 heterocycles. The molecule has 2 aromatic heterocycles. The third kappa shape index (κ3) is 5.64. The van der Waals surface area contributed by atoms with Gasteiger partial charge in [-0.3, -0.25) is 4.99 Å². The van der Waals surface area contributed by atoms with Crippen LogP contribution in [0.5, 0.6) is 0 Å². The zero-order chi connectivity index (χ0) is 35.3. The van der Waals surface area contributed by atoms with Gasteiger partial charge in [0, 0.05) is 17.4 Å². The van der Waals surface area contributed by atoms with E-state index >= 15 is 0 Å². The molecule has 4 aromatic carbocycles. The Morgan fingerprint density at radius 1 is 0.804 bits per heavy atom. The van der Waals surface area contributed by atoms with Crippen molar-refractivity contribution in [1.29, 1.82) is 0 Å². The molecule has 1 atom stereocenters. The van der Waals surface area contributed by atoms with E-state index in [0.29, 0.717) is 12.5 Å². The number of hydrogen-bond donors (Lipinski definition) is 0. The first-order chi connectivity index (χ1) is 23.6. The average molecular weight is 854 g/mol. The van der Waals surface area contributed by atoms with Gasteiger partial charge in [-0.25, -0.2) is 4.98 Å². The Kier molecular flexibility index (Phi) is 8.42. The van der Waals surface area contributed by atoms with E-state index in [0.717, 1.165) is 50.6 Å². The van der Waals surface area contributed by atoms with Crippen LogP contribution in [0.3, 0.4) is 0 Å². The van der Waals surface area contributed by atoms with Gasteiger partial charge in [0.25, 0.3) is 0 Å². The van der Waals surface area contributed by atoms with Crippen molar-refractivity contribution in [2.45, 2.75) is 86.1 Å². The van der Waals surface area contributed by atoms with E-state index in [1.807, 2.05) is 6.20 Å². The number of pyridine rings is 1. The summed E-state index contributed by atoms with van der Waals surface area (Å²) < 4.78 is 8.57. The van der Waals surface area contributed by atoms with E-state index in [-0.39, 0.29) is 43.4 Å². The van der Waals surface area contributed by atoms with Gasteiger partial charge >= 0.3 is 21.1 Å². The number of ether oxygens (including phenoxy) is 1. The summed E-state index contributed by atoms with van der Waals surface area (Å²) >= 11 is 0. The Balaban J connectivity index is 0.00000406. The molecule has 51 heavy (non-hydrogen) atoms. The number of anilines is 3. The molecule has 5 nitrogen and oxygen atoms in total. The maximum absolute atomic E-state index is 6.28. The summed E-state index contributed by atoms with van der Waals surface area (Å²) in [6.07, 6.45) is 1.94. The van der Waals surface area contributed by atoms with Crippen LogP contribution in [0.15, 0.2) is 84.0 Å². The zero-order valence-corrected chi connectivity index (χ0v) is 33.6. The van der Waals surface area contributed by atoms with E-state index in [4.69, 9.17) is 14.7 Å². The summed E-state index contributed by atoms with van der Waals surface area (Å²) in [6.45, 7) is 23.0. The molecule has 2 aliphatic rings. The number of aromatic nitrogens is 2. The van der Waals surface area contributed by atoms with Crippen LogP contribution in [0, 0.1) is 31.4 Å². The maximum Gasteiger partial charge on any atom is 2.00 e. The molecule has 0 amide bonds. The first-order valence-electron chi connectivity index (χ1n) is 17.8. The molecule has 0 spiro atoms. The minimum Gasteiger partial charge on any atom is -0.518 e. The largest absolute Gasteiger partial charge is 2.00 e. The molecule has 6 aromatic rings. The number of fused-ring (bicyclic) bond motifs is 5. The second kappa shape index (κ2) is 12.2. The standard InChI is InChI=1S/C45H46N4O.Pt/c1-27-21-28(2)37(24-31(27)42-47-40(26-50-42)44(6,7)8)48-36-18-14-12-16-33(36)45(9,10)34-23-32-30-15-11-13-17-35(30)49(38(32)25-39(34)48)41-22-29(19-20-46-41)43(3,4)5;/h11-23,40H,26H2,1-10H3;/q-2;+2/t40-;/m0./s1. The fraction of sp³-hybridized carbons (Fsp3) is 0.333. The summed E-state index contributed by atoms with van der Waals surface area (Å²) in [5, 5.41) is 2.36. The number of nitrogens with zero attached hydrogens (tertiary/aromatic N) is 4. The minimum atomic E-state index is -0.277. The van der Waals surface area contributed by atoms with Crippen molar-refractivity contribution in [3.8, 4) is 5.82 Å². The van der Waals surface area contributed by atoms with Gasteiger partial charge in [0.1, 0.15) is 11.7 Å². The summed E-state index contributed by atoms with van der Waals surface area (Å²) in [5.41, 5.74) is 11.9. The molecule has 0 radical (unpaired) electrons. The third-order valence-electron chi connectivity index (χ3n) is 10.8. The fourth-order valence-corrected chi connectivity index (χ4v) is 7.71. The van der Waals surface area contributed by atoms with E-state index in [9.17, 15) is 0 Å². The molecule has 0 unspecified atom stereocenters. The molecule has 2 aliphatic heterocycles. The summed E-state index contributed by atoms with van der Waals surface area (Å²) in [7, 11) is 0. The van der Waals surface area contributed by atoms with Crippen LogP contribution in [0.2, 0.25) is 0 Å². The molecule has 0 aliphatic carbocycles. The van der Waals surface area contributed by atoms with Crippen LogP contribution in [0.4, 0.5) is 17.1 Å². The Morgan fingerprint density at radius 3 is 2.25 bits per heavy atom. The van der Waals surface area contributed by atoms with Gasteiger partial charge in [-0.2, -0.15) is 6.07 Å². The van der Waals surface area contributed by atoms with Crippen LogP contribution < -0.4 is 4.90 Å². The SMILES string of the molecule is Cc1cc(C)c(N2c3[c-]c4c(cc3C(C)(C)c3ccccc32)c2ccccc2n4-c2cc(C(C)(C)C)ccn2)[c-]c1C1=N[C@H](C(C)(C)C)CO1.[Pt+2]. The van der Waals surface area contributed by atoms with Gasteiger partial charge in [0.15, 0.2) is 0 Å². The number of benzene rings is 4. The van der Waals surface area contributed by atoms with E-state index in [2.05, 4.69) is 164 Å². The minimum absolute atomic E-state index is 0. The Hall–Kier alpha value is -4.21. The molecule has 0 bridgehead atoms. The van der Waals surface area contributed by atoms with Crippen molar-refractivity contribution in [1.82, 2.24) is 9.55 Å². The number of para-hydroxylation sites is 2. The molecule has 0 fully saturated rings. The molecule has 0 saturated carbocycles. The molecule has 6 heteroatoms. The summed E-state index contributed by atoms with van der Waals surface area (Å²) in [6, 6.07) is 34.4. The predicted octanol–water partition coefficient (Wildman–Crippen LogP) is 11.0. The number of rotatable bonds is 3. The van der Waals surface area contributed by atoms with Crippen molar-refractivity contribution in [2.75, 3.05) is 11.5 Å². The second-order valence-corrected chi connectivity index (χ2v) is 16.8. The van der Waals surface area contributed by atoms with E-state index in [1.165, 1.54) is 27.5 Å². The molecule has 8 rings (SSSR count). The number of hydrogen-bond acceptors (Lipinski definition) is 4. The van der Waals surface area contributed by atoms with E-state index < -0.39 is 0 Å². The van der Waals surface area contributed by atoms with Gasteiger partial charge in [-0.1, -0.05) is 122 Å². The second-order valence-electron chi connectivity index (χ2n) is 16.8. The Labute approximate surface area is 317 Å². The van der Waals surface area contributed by atoms with Crippen LogP contribution in [0.1, 0.15) is 88.8 Å². The first kappa shape index (κ1) is 35.2. The van der Waals surface area contributed by atoms with E-state index in [1.54, 1.807) is 0 Å². The van der Waals surface area contributed by atoms with Crippen LogP contribution in [-0.4, -0.2) is 28.1 Å². The van der Waals surface area contributed by atoms with Gasteiger partial charge in [0.05, 0.1) is 12.6 Å². The number of aryl methyl sites for hydroxylation is 2. The summed E-state index contributed by atoms with van der Waals surface area (Å²) in [4.78, 5) is 12.4.